The first-order valence-corrected chi connectivity index (χ1v) is 10.1. The highest BCUT2D eigenvalue weighted by molar-refractivity contribution is 7.21. The average Bonchev–Trinajstić information content (AvgIpc) is 3.37. The summed E-state index contributed by atoms with van der Waals surface area (Å²) in [6.07, 6.45) is 1.79. The number of Topliss-reactive ketones (excluding diaryl/α,β-unsaturated/α-hetero) is 1. The number of hydrogen-bond donors (Lipinski definition) is 1. The average molecular weight is 398 g/mol. The van der Waals surface area contributed by atoms with E-state index in [1.165, 1.54) is 11.3 Å². The zero-order valence-electron chi connectivity index (χ0n) is 14.3. The number of nitrogens with zero attached hydrogens (tertiary/aromatic N) is 1. The fourth-order valence-corrected chi connectivity index (χ4v) is 5.86. The van der Waals surface area contributed by atoms with Gasteiger partial charge in [-0.3, -0.25) is 9.59 Å². The van der Waals surface area contributed by atoms with Crippen LogP contribution < -0.4 is 0 Å². The van der Waals surface area contributed by atoms with Gasteiger partial charge >= 0.3 is 0 Å². The number of fused-ring (bicyclic) bond motifs is 6. The second-order valence-corrected chi connectivity index (χ2v) is 8.42. The number of thiophene rings is 1. The van der Waals surface area contributed by atoms with Crippen molar-refractivity contribution in [2.75, 3.05) is 6.61 Å². The van der Waals surface area contributed by atoms with E-state index in [9.17, 15) is 9.59 Å². The van der Waals surface area contributed by atoms with Gasteiger partial charge in [0.25, 0.3) is 5.91 Å². The molecule has 1 N–H and O–H groups in total. The van der Waals surface area contributed by atoms with Crippen LogP contribution >= 0.6 is 22.9 Å². The van der Waals surface area contributed by atoms with Gasteiger partial charge in [0, 0.05) is 15.6 Å². The van der Waals surface area contributed by atoms with E-state index in [1.54, 1.807) is 6.07 Å². The van der Waals surface area contributed by atoms with Crippen LogP contribution in [0.5, 0.6) is 0 Å². The molecule has 136 valence electrons. The number of rotatable bonds is 3. The summed E-state index contributed by atoms with van der Waals surface area (Å²) in [6, 6.07) is 13.3. The number of carbonyl (C=O) groups excluding carboxylic acids is 2. The Morgan fingerprint density at radius 3 is 2.59 bits per heavy atom. The van der Waals surface area contributed by atoms with E-state index in [1.807, 2.05) is 41.3 Å². The van der Waals surface area contributed by atoms with Crippen LogP contribution in [0.25, 0.3) is 10.1 Å². The quantitative estimate of drug-likeness (QED) is 0.648. The summed E-state index contributed by atoms with van der Waals surface area (Å²) in [5.74, 6) is -0.342. The molecule has 4 nitrogen and oxygen atoms in total. The van der Waals surface area contributed by atoms with E-state index in [-0.39, 0.29) is 23.8 Å². The molecule has 0 aliphatic carbocycles. The van der Waals surface area contributed by atoms with Gasteiger partial charge in [-0.25, -0.2) is 0 Å². The predicted octanol–water partition coefficient (Wildman–Crippen LogP) is 4.76. The molecule has 1 saturated heterocycles. The standard InChI is InChI=1S/C21H16ClNO3S/c22-19-13-3-1-2-4-18(13)27-20(19)21(26)23-15-7-8-16(23)14-9-11(17(25)10-24)5-6-12(14)15/h1-6,9,15-16,24H,7-8,10H2. The number of aliphatic hydroxyl groups excluding tert-OH is 1. The van der Waals surface area contributed by atoms with Gasteiger partial charge in [-0.1, -0.05) is 41.9 Å². The van der Waals surface area contributed by atoms with Gasteiger partial charge in [-0.2, -0.15) is 0 Å². The van der Waals surface area contributed by atoms with E-state index in [4.69, 9.17) is 16.7 Å². The Kier molecular flexibility index (Phi) is 3.86. The topological polar surface area (TPSA) is 57.6 Å². The first-order chi connectivity index (χ1) is 13.1. The predicted molar refractivity (Wildman–Crippen MR) is 106 cm³/mol. The Labute approximate surface area is 165 Å². The van der Waals surface area contributed by atoms with Crippen molar-refractivity contribution in [3.63, 3.8) is 0 Å². The lowest BCUT2D eigenvalue weighted by molar-refractivity contribution is 0.0702. The molecular weight excluding hydrogens is 382 g/mol. The molecule has 0 spiro atoms. The molecule has 1 amide bonds. The van der Waals surface area contributed by atoms with Crippen molar-refractivity contribution in [3.05, 3.63) is 69.1 Å². The zero-order valence-corrected chi connectivity index (χ0v) is 15.9. The van der Waals surface area contributed by atoms with Crippen molar-refractivity contribution in [2.24, 2.45) is 0 Å². The van der Waals surface area contributed by atoms with Gasteiger partial charge < -0.3 is 10.0 Å². The summed E-state index contributed by atoms with van der Waals surface area (Å²) in [7, 11) is 0. The molecule has 2 bridgehead atoms. The third-order valence-corrected chi connectivity index (χ3v) is 7.28. The van der Waals surface area contributed by atoms with Crippen molar-refractivity contribution >= 4 is 44.7 Å². The van der Waals surface area contributed by atoms with Crippen molar-refractivity contribution in [1.82, 2.24) is 4.90 Å². The number of hydrogen-bond acceptors (Lipinski definition) is 4. The van der Waals surface area contributed by atoms with Crippen LogP contribution in [0, 0.1) is 0 Å². The molecule has 6 heteroatoms. The van der Waals surface area contributed by atoms with Gasteiger partial charge in [-0.05, 0) is 36.1 Å². The minimum absolute atomic E-state index is 0.0251. The maximum atomic E-state index is 13.4. The van der Waals surface area contributed by atoms with Gasteiger partial charge in [0.15, 0.2) is 5.78 Å². The zero-order chi connectivity index (χ0) is 18.7. The highest BCUT2D eigenvalue weighted by Crippen LogP contribution is 2.54. The van der Waals surface area contributed by atoms with Crippen LogP contribution in [0.15, 0.2) is 42.5 Å². The third kappa shape index (κ3) is 2.39. The summed E-state index contributed by atoms with van der Waals surface area (Å²) >= 11 is 7.96. The molecule has 2 atom stereocenters. The normalized spacial score (nSPS) is 20.3. The summed E-state index contributed by atoms with van der Waals surface area (Å²) in [5.41, 5.74) is 2.62. The monoisotopic (exact) mass is 397 g/mol. The summed E-state index contributed by atoms with van der Waals surface area (Å²) in [4.78, 5) is 27.7. The lowest BCUT2D eigenvalue weighted by Crippen LogP contribution is -2.27. The van der Waals surface area contributed by atoms with E-state index >= 15 is 0 Å². The molecule has 1 aromatic heterocycles. The summed E-state index contributed by atoms with van der Waals surface area (Å²) < 4.78 is 1.01. The van der Waals surface area contributed by atoms with Gasteiger partial charge in [0.1, 0.15) is 11.5 Å². The lowest BCUT2D eigenvalue weighted by atomic mass is 9.90. The first kappa shape index (κ1) is 16.9. The molecule has 2 aliphatic rings. The number of amides is 1. The molecule has 2 aromatic carbocycles. The van der Waals surface area contributed by atoms with Crippen LogP contribution in [-0.4, -0.2) is 28.3 Å². The number of aliphatic hydroxyl groups is 1. The highest BCUT2D eigenvalue weighted by Gasteiger charge is 2.47. The van der Waals surface area contributed by atoms with Crippen LogP contribution in [0.4, 0.5) is 0 Å². The van der Waals surface area contributed by atoms with Crippen LogP contribution in [0.1, 0.15) is 56.1 Å². The van der Waals surface area contributed by atoms with E-state index < -0.39 is 6.61 Å². The van der Waals surface area contributed by atoms with Crippen molar-refractivity contribution in [3.8, 4) is 0 Å². The largest absolute Gasteiger partial charge is 0.388 e. The second kappa shape index (κ2) is 6.16. The maximum absolute atomic E-state index is 13.4. The molecule has 27 heavy (non-hydrogen) atoms. The smallest absolute Gasteiger partial charge is 0.266 e. The highest BCUT2D eigenvalue weighted by atomic mass is 35.5. The van der Waals surface area contributed by atoms with Crippen LogP contribution in [-0.2, 0) is 0 Å². The van der Waals surface area contributed by atoms with Gasteiger partial charge in [0.05, 0.1) is 17.1 Å². The van der Waals surface area contributed by atoms with Crippen LogP contribution in [0.3, 0.4) is 0 Å². The fourth-order valence-electron chi connectivity index (χ4n) is 4.41. The SMILES string of the molecule is O=C(CO)c1ccc2c(c1)C1CCC2N1C(=O)c1sc2ccccc2c1Cl. The Hall–Kier alpha value is -2.21. The summed E-state index contributed by atoms with van der Waals surface area (Å²) in [6.45, 7) is -0.507. The van der Waals surface area contributed by atoms with Gasteiger partial charge in [-0.15, -0.1) is 11.3 Å². The number of carbonyl (C=O) groups is 2. The Balaban J connectivity index is 1.55. The Morgan fingerprint density at radius 2 is 1.85 bits per heavy atom. The fraction of sp³-hybridized carbons (Fsp3) is 0.238. The van der Waals surface area contributed by atoms with E-state index in [0.29, 0.717) is 15.5 Å². The lowest BCUT2D eigenvalue weighted by Gasteiger charge is -2.22. The number of halogens is 1. The number of ketones is 1. The maximum Gasteiger partial charge on any atom is 0.266 e. The molecule has 0 saturated carbocycles. The molecular formula is C21H16ClNO3S. The van der Waals surface area contributed by atoms with E-state index in [2.05, 4.69) is 0 Å². The minimum atomic E-state index is -0.507. The Bertz CT molecular complexity index is 1110. The minimum Gasteiger partial charge on any atom is -0.388 e. The van der Waals surface area contributed by atoms with Crippen molar-refractivity contribution < 1.29 is 14.7 Å². The van der Waals surface area contributed by atoms with Crippen molar-refractivity contribution in [1.29, 1.82) is 0 Å². The molecule has 1 fully saturated rings. The third-order valence-electron chi connectivity index (χ3n) is 5.62. The Morgan fingerprint density at radius 1 is 1.11 bits per heavy atom. The molecule has 0 radical (unpaired) electrons. The molecule has 2 unspecified atom stereocenters. The second-order valence-electron chi connectivity index (χ2n) is 6.99. The van der Waals surface area contributed by atoms with Gasteiger partial charge in [0.2, 0.25) is 0 Å². The summed E-state index contributed by atoms with van der Waals surface area (Å²) in [5, 5.41) is 10.6. The molecule has 3 heterocycles. The molecule has 3 aromatic rings. The van der Waals surface area contributed by atoms with Crippen molar-refractivity contribution in [2.45, 2.75) is 24.9 Å². The number of benzene rings is 2. The van der Waals surface area contributed by atoms with Crippen LogP contribution in [0.2, 0.25) is 5.02 Å². The molecule has 5 rings (SSSR count). The molecule has 2 aliphatic heterocycles. The first-order valence-electron chi connectivity index (χ1n) is 8.87. The van der Waals surface area contributed by atoms with E-state index in [0.717, 1.165) is 34.1 Å².